The van der Waals surface area contributed by atoms with Gasteiger partial charge >= 0.3 is 0 Å². The summed E-state index contributed by atoms with van der Waals surface area (Å²) in [6, 6.07) is 24.4. The van der Waals surface area contributed by atoms with Gasteiger partial charge in [-0.15, -0.1) is 0 Å². The van der Waals surface area contributed by atoms with E-state index in [1.165, 1.54) is 4.31 Å². The first kappa shape index (κ1) is 20.3. The van der Waals surface area contributed by atoms with E-state index in [2.05, 4.69) is 0 Å². The summed E-state index contributed by atoms with van der Waals surface area (Å²) in [7, 11) is -3.75. The van der Waals surface area contributed by atoms with Gasteiger partial charge in [-0.25, -0.2) is 12.7 Å². The largest absolute Gasteiger partial charge is 0.349 e. The topological polar surface area (TPSA) is 46.6 Å². The van der Waals surface area contributed by atoms with Crippen LogP contribution in [-0.2, 0) is 14.8 Å². The van der Waals surface area contributed by atoms with Gasteiger partial charge in [0.25, 0.3) is 10.0 Å². The van der Waals surface area contributed by atoms with Crippen molar-refractivity contribution in [2.75, 3.05) is 0 Å². The zero-order chi connectivity index (χ0) is 21.6. The molecule has 1 fully saturated rings. The highest BCUT2D eigenvalue weighted by Crippen LogP contribution is 2.50. The molecule has 6 heteroatoms. The van der Waals surface area contributed by atoms with Gasteiger partial charge in [-0.05, 0) is 54.3 Å². The van der Waals surface area contributed by atoms with Gasteiger partial charge in [-0.3, -0.25) is 0 Å². The molecule has 0 unspecified atom stereocenters. The first-order chi connectivity index (χ1) is 14.9. The Hall–Kier alpha value is -2.60. The lowest BCUT2D eigenvalue weighted by molar-refractivity contribution is -0.00488. The minimum Gasteiger partial charge on any atom is -0.349 e. The number of halogens is 1. The second-order valence-electron chi connectivity index (χ2n) is 8.01. The molecule has 5 rings (SSSR count). The molecule has 2 aliphatic heterocycles. The van der Waals surface area contributed by atoms with Crippen LogP contribution in [0.25, 0.3) is 5.57 Å². The van der Waals surface area contributed by atoms with Crippen molar-refractivity contribution in [3.8, 4) is 0 Å². The summed E-state index contributed by atoms with van der Waals surface area (Å²) < 4.78 is 34.8. The van der Waals surface area contributed by atoms with Gasteiger partial charge in [0.2, 0.25) is 0 Å². The quantitative estimate of drug-likeness (QED) is 0.503. The molecule has 3 aromatic rings. The third-order valence-electron chi connectivity index (χ3n) is 5.98. The molecule has 0 spiro atoms. The summed E-state index contributed by atoms with van der Waals surface area (Å²) in [6.07, 6.45) is 1.67. The molecule has 158 valence electrons. The van der Waals surface area contributed by atoms with Crippen molar-refractivity contribution in [3.63, 3.8) is 0 Å². The van der Waals surface area contributed by atoms with Gasteiger partial charge in [0.05, 0.1) is 11.0 Å². The number of sulfonamides is 1. The zero-order valence-corrected chi connectivity index (χ0v) is 18.6. The van der Waals surface area contributed by atoms with E-state index in [-0.39, 0.29) is 16.9 Å². The fourth-order valence-electron chi connectivity index (χ4n) is 4.34. The van der Waals surface area contributed by atoms with Crippen LogP contribution in [0.3, 0.4) is 0 Å². The van der Waals surface area contributed by atoms with E-state index < -0.39 is 16.3 Å². The van der Waals surface area contributed by atoms with Crippen molar-refractivity contribution in [1.29, 1.82) is 0 Å². The third-order valence-corrected chi connectivity index (χ3v) is 7.97. The van der Waals surface area contributed by atoms with Crippen LogP contribution in [0.5, 0.6) is 0 Å². The fraction of sp³-hybridized carbons (Fsp3) is 0.200. The molecule has 0 bridgehead atoms. The van der Waals surface area contributed by atoms with Gasteiger partial charge in [0, 0.05) is 17.1 Å². The molecule has 0 N–H and O–H groups in total. The molecule has 4 nitrogen and oxygen atoms in total. The second kappa shape index (κ2) is 7.83. The molecule has 0 amide bonds. The second-order valence-corrected chi connectivity index (χ2v) is 10.3. The number of ether oxygens (including phenoxy) is 1. The highest BCUT2D eigenvalue weighted by atomic mass is 35.5. The van der Waals surface area contributed by atoms with Gasteiger partial charge in [0.15, 0.2) is 6.23 Å². The number of hydrogen-bond acceptors (Lipinski definition) is 3. The minimum absolute atomic E-state index is 0.0525. The first-order valence-electron chi connectivity index (χ1n) is 10.2. The molecule has 2 heterocycles. The predicted molar refractivity (Wildman–Crippen MR) is 122 cm³/mol. The van der Waals surface area contributed by atoms with Crippen LogP contribution in [0, 0.1) is 12.8 Å². The summed E-state index contributed by atoms with van der Waals surface area (Å²) in [4.78, 5) is 0.265. The van der Waals surface area contributed by atoms with E-state index >= 15 is 0 Å². The lowest BCUT2D eigenvalue weighted by atomic mass is 9.90. The Morgan fingerprint density at radius 1 is 0.935 bits per heavy atom. The smallest absolute Gasteiger partial charge is 0.266 e. The number of hydrogen-bond donors (Lipinski definition) is 0. The number of nitrogens with zero attached hydrogens (tertiary/aromatic N) is 1. The Morgan fingerprint density at radius 3 is 2.29 bits per heavy atom. The molecule has 31 heavy (non-hydrogen) atoms. The van der Waals surface area contributed by atoms with Crippen molar-refractivity contribution in [2.45, 2.75) is 30.6 Å². The van der Waals surface area contributed by atoms with E-state index in [1.807, 2.05) is 73.7 Å². The SMILES string of the molecule is Cc1ccc(S(=O)(=O)N2C=C(c3ccccc3)[C@@H]3C[C@@H](c4ccc(Cl)cc4)O[C@@H]32)cc1. The molecular formula is C25H22ClNO3S. The first-order valence-corrected chi connectivity index (χ1v) is 12.0. The molecule has 0 radical (unpaired) electrons. The monoisotopic (exact) mass is 451 g/mol. The maximum atomic E-state index is 13.5. The van der Waals surface area contributed by atoms with E-state index in [1.54, 1.807) is 18.3 Å². The molecule has 0 saturated carbocycles. The van der Waals surface area contributed by atoms with Crippen molar-refractivity contribution >= 4 is 27.2 Å². The van der Waals surface area contributed by atoms with Crippen molar-refractivity contribution < 1.29 is 13.2 Å². The Balaban J connectivity index is 1.55. The summed E-state index contributed by atoms with van der Waals surface area (Å²) in [5.74, 6) is -0.0525. The third kappa shape index (κ3) is 3.67. The zero-order valence-electron chi connectivity index (χ0n) is 17.0. The van der Waals surface area contributed by atoms with Crippen molar-refractivity contribution in [2.24, 2.45) is 5.92 Å². The number of aryl methyl sites for hydroxylation is 1. The maximum Gasteiger partial charge on any atom is 0.266 e. The summed E-state index contributed by atoms with van der Waals surface area (Å²) in [5, 5.41) is 0.662. The molecular weight excluding hydrogens is 430 g/mol. The van der Waals surface area contributed by atoms with E-state index in [4.69, 9.17) is 16.3 Å². The Bertz CT molecular complexity index is 1220. The predicted octanol–water partition coefficient (Wildman–Crippen LogP) is 5.80. The lowest BCUT2D eigenvalue weighted by Gasteiger charge is -2.25. The van der Waals surface area contributed by atoms with Crippen LogP contribution in [0.1, 0.15) is 29.2 Å². The Labute approximate surface area is 187 Å². The molecule has 0 aliphatic carbocycles. The van der Waals surface area contributed by atoms with Crippen LogP contribution in [-0.4, -0.2) is 19.0 Å². The minimum atomic E-state index is -3.75. The van der Waals surface area contributed by atoms with Crippen molar-refractivity contribution in [3.05, 3.63) is 107 Å². The molecule has 1 saturated heterocycles. The summed E-state index contributed by atoms with van der Waals surface area (Å²) in [6.45, 7) is 1.94. The summed E-state index contributed by atoms with van der Waals surface area (Å²) >= 11 is 6.04. The maximum absolute atomic E-state index is 13.5. The van der Waals surface area contributed by atoms with Gasteiger partial charge < -0.3 is 4.74 Å². The molecule has 0 aromatic heterocycles. The van der Waals surface area contributed by atoms with Crippen LogP contribution < -0.4 is 0 Å². The molecule has 3 atom stereocenters. The van der Waals surface area contributed by atoms with Gasteiger partial charge in [-0.1, -0.05) is 71.8 Å². The number of rotatable bonds is 4. The van der Waals surface area contributed by atoms with Gasteiger partial charge in [0.1, 0.15) is 0 Å². The van der Waals surface area contributed by atoms with Crippen LogP contribution in [0.15, 0.2) is 90.0 Å². The normalized spacial score (nSPS) is 23.0. The van der Waals surface area contributed by atoms with Crippen LogP contribution in [0.2, 0.25) is 5.02 Å². The highest BCUT2D eigenvalue weighted by Gasteiger charge is 2.49. The van der Waals surface area contributed by atoms with Crippen LogP contribution in [0.4, 0.5) is 0 Å². The van der Waals surface area contributed by atoms with E-state index in [9.17, 15) is 8.42 Å². The standard InChI is InChI=1S/C25H22ClNO3S/c1-17-7-13-21(14-8-17)31(28,29)27-16-23(18-5-3-2-4-6-18)22-15-24(30-25(22)27)19-9-11-20(26)12-10-19/h2-14,16,22,24-25H,15H2,1H3/t22-,24-,25-/m0/s1. The van der Waals surface area contributed by atoms with Crippen molar-refractivity contribution in [1.82, 2.24) is 4.31 Å². The number of fused-ring (bicyclic) bond motifs is 1. The lowest BCUT2D eigenvalue weighted by Crippen LogP contribution is -2.35. The van der Waals surface area contributed by atoms with Crippen LogP contribution >= 0.6 is 11.6 Å². The fourth-order valence-corrected chi connectivity index (χ4v) is 5.91. The van der Waals surface area contributed by atoms with E-state index in [0.717, 1.165) is 22.3 Å². The Morgan fingerprint density at radius 2 is 1.61 bits per heavy atom. The van der Waals surface area contributed by atoms with Gasteiger partial charge in [-0.2, -0.15) is 0 Å². The molecule has 2 aliphatic rings. The average Bonchev–Trinajstić information content (AvgIpc) is 3.35. The highest BCUT2D eigenvalue weighted by molar-refractivity contribution is 7.89. The molecule has 3 aromatic carbocycles. The Kier molecular flexibility index (Phi) is 5.13. The summed E-state index contributed by atoms with van der Waals surface area (Å²) in [5.41, 5.74) is 4.01. The number of benzene rings is 3. The average molecular weight is 452 g/mol. The van der Waals surface area contributed by atoms with E-state index in [0.29, 0.717) is 11.4 Å².